The van der Waals surface area contributed by atoms with Crippen LogP contribution < -0.4 is 10.6 Å². The van der Waals surface area contributed by atoms with Crippen LogP contribution in [0.1, 0.15) is 25.1 Å². The van der Waals surface area contributed by atoms with Gasteiger partial charge in [-0.1, -0.05) is 13.8 Å². The van der Waals surface area contributed by atoms with E-state index in [0.29, 0.717) is 17.3 Å². The first kappa shape index (κ1) is 20.7. The van der Waals surface area contributed by atoms with E-state index in [9.17, 15) is 8.42 Å². The normalized spacial score (nSPS) is 14.8. The van der Waals surface area contributed by atoms with E-state index in [1.807, 2.05) is 19.9 Å². The molecule has 0 saturated heterocycles. The molecule has 132 valence electrons. The van der Waals surface area contributed by atoms with Crippen LogP contribution in [0.3, 0.4) is 0 Å². The molecule has 0 aromatic carbocycles. The minimum atomic E-state index is -3.33. The van der Waals surface area contributed by atoms with Gasteiger partial charge >= 0.3 is 0 Å². The Balaban J connectivity index is 0.00000264. The van der Waals surface area contributed by atoms with Crippen molar-refractivity contribution in [2.24, 2.45) is 4.99 Å². The van der Waals surface area contributed by atoms with Gasteiger partial charge in [-0.15, -0.1) is 35.3 Å². The third-order valence-corrected chi connectivity index (χ3v) is 7.16. The highest BCUT2D eigenvalue weighted by Crippen LogP contribution is 2.25. The molecule has 0 atom stereocenters. The van der Waals surface area contributed by atoms with Crippen LogP contribution in [0.15, 0.2) is 21.3 Å². The van der Waals surface area contributed by atoms with Gasteiger partial charge in [0.1, 0.15) is 4.21 Å². The molecular weight excluding hydrogens is 447 g/mol. The molecule has 1 aliphatic heterocycles. The van der Waals surface area contributed by atoms with E-state index in [1.165, 1.54) is 15.6 Å². The van der Waals surface area contributed by atoms with Crippen molar-refractivity contribution in [3.05, 3.63) is 17.0 Å². The molecule has 6 nitrogen and oxygen atoms in total. The molecule has 0 unspecified atom stereocenters. The zero-order valence-corrected chi connectivity index (χ0v) is 17.5. The summed E-state index contributed by atoms with van der Waals surface area (Å²) in [5.41, 5.74) is 0. The topological polar surface area (TPSA) is 73.8 Å². The predicted octanol–water partition coefficient (Wildman–Crippen LogP) is 1.88. The summed E-state index contributed by atoms with van der Waals surface area (Å²) in [5.74, 6) is 0.846. The molecule has 2 heterocycles. The number of nitrogens with zero attached hydrogens (tertiary/aromatic N) is 2. The van der Waals surface area contributed by atoms with E-state index in [2.05, 4.69) is 15.6 Å². The van der Waals surface area contributed by atoms with Crippen molar-refractivity contribution in [2.45, 2.75) is 30.9 Å². The van der Waals surface area contributed by atoms with Gasteiger partial charge in [-0.25, -0.2) is 8.42 Å². The van der Waals surface area contributed by atoms with Gasteiger partial charge in [0.2, 0.25) is 0 Å². The van der Waals surface area contributed by atoms with Crippen molar-refractivity contribution in [2.75, 3.05) is 32.7 Å². The molecule has 1 aliphatic rings. The minimum Gasteiger partial charge on any atom is -0.356 e. The molecule has 9 heteroatoms. The van der Waals surface area contributed by atoms with Crippen molar-refractivity contribution in [1.29, 1.82) is 0 Å². The third kappa shape index (κ3) is 5.57. The smallest absolute Gasteiger partial charge is 0.252 e. The van der Waals surface area contributed by atoms with Gasteiger partial charge in [-0.2, -0.15) is 4.31 Å². The molecule has 0 amide bonds. The number of thiophene rings is 1. The average Bonchev–Trinajstić information content (AvgIpc) is 2.99. The first-order valence-corrected chi connectivity index (χ1v) is 9.94. The first-order chi connectivity index (χ1) is 10.6. The summed E-state index contributed by atoms with van der Waals surface area (Å²) in [6.07, 6.45) is 1.86. The minimum absolute atomic E-state index is 0. The number of rotatable bonds is 7. The monoisotopic (exact) mass is 472 g/mol. The van der Waals surface area contributed by atoms with Crippen molar-refractivity contribution in [3.63, 3.8) is 0 Å². The zero-order valence-electron chi connectivity index (χ0n) is 13.5. The van der Waals surface area contributed by atoms with E-state index < -0.39 is 10.0 Å². The van der Waals surface area contributed by atoms with Crippen molar-refractivity contribution < 1.29 is 8.42 Å². The first-order valence-electron chi connectivity index (χ1n) is 7.69. The lowest BCUT2D eigenvalue weighted by molar-refractivity contribution is 0.447. The standard InChI is InChI=1S/C14H24N4O2S2.HI/c1-3-18(4-2)22(19,20)13-7-6-12(21-13)8-11-17-14-15-9-5-10-16-14;/h6-7H,3-5,8-11H2,1-2H3,(H2,15,16,17);1H. The quantitative estimate of drug-likeness (QED) is 0.595. The van der Waals surface area contributed by atoms with Crippen LogP contribution in [0.25, 0.3) is 0 Å². The second kappa shape index (κ2) is 9.80. The number of hydrogen-bond acceptors (Lipinski definition) is 6. The summed E-state index contributed by atoms with van der Waals surface area (Å²) in [7, 11) is -3.33. The molecule has 0 spiro atoms. The second-order valence-electron chi connectivity index (χ2n) is 5.00. The van der Waals surface area contributed by atoms with Crippen LogP contribution in [0.5, 0.6) is 0 Å². The van der Waals surface area contributed by atoms with Crippen molar-refractivity contribution in [3.8, 4) is 0 Å². The van der Waals surface area contributed by atoms with E-state index >= 15 is 0 Å². The summed E-state index contributed by atoms with van der Waals surface area (Å²) in [5, 5.41) is 6.45. The molecular formula is C14H25IN4O2S2. The zero-order chi connectivity index (χ0) is 16.0. The Hall–Kier alpha value is -0.390. The highest BCUT2D eigenvalue weighted by atomic mass is 127. The van der Waals surface area contributed by atoms with Gasteiger partial charge in [0.15, 0.2) is 5.96 Å². The van der Waals surface area contributed by atoms with E-state index in [0.717, 1.165) is 43.3 Å². The van der Waals surface area contributed by atoms with E-state index in [4.69, 9.17) is 0 Å². The largest absolute Gasteiger partial charge is 0.356 e. The van der Waals surface area contributed by atoms with Crippen LogP contribution in [0.4, 0.5) is 0 Å². The molecule has 0 fully saturated rings. The Morgan fingerprint density at radius 1 is 1.35 bits per heavy atom. The van der Waals surface area contributed by atoms with Crippen LogP contribution in [-0.4, -0.2) is 51.4 Å². The van der Waals surface area contributed by atoms with Gasteiger partial charge < -0.3 is 10.6 Å². The number of halogens is 1. The van der Waals surface area contributed by atoms with Crippen molar-refractivity contribution in [1.82, 2.24) is 14.9 Å². The highest BCUT2D eigenvalue weighted by molar-refractivity contribution is 14.0. The van der Waals surface area contributed by atoms with Gasteiger partial charge in [-0.05, 0) is 25.0 Å². The Bertz CT molecular complexity index is 612. The molecule has 2 rings (SSSR count). The van der Waals surface area contributed by atoms with Gasteiger partial charge in [-0.3, -0.25) is 4.99 Å². The Morgan fingerprint density at radius 3 is 2.70 bits per heavy atom. The summed E-state index contributed by atoms with van der Waals surface area (Å²) in [4.78, 5) is 5.41. The fourth-order valence-electron chi connectivity index (χ4n) is 2.28. The summed E-state index contributed by atoms with van der Waals surface area (Å²) in [6.45, 7) is 7.28. The molecule has 0 radical (unpaired) electrons. The SMILES string of the molecule is CCN(CC)S(=O)(=O)c1ccc(CCNC2=NCCCN2)s1.I. The van der Waals surface area contributed by atoms with Gasteiger partial charge in [0.05, 0.1) is 0 Å². The second-order valence-corrected chi connectivity index (χ2v) is 8.33. The fraction of sp³-hybridized carbons (Fsp3) is 0.643. The maximum absolute atomic E-state index is 12.4. The average molecular weight is 472 g/mol. The highest BCUT2D eigenvalue weighted by Gasteiger charge is 2.23. The molecule has 1 aromatic rings. The van der Waals surface area contributed by atoms with Crippen LogP contribution >= 0.6 is 35.3 Å². The fourth-order valence-corrected chi connectivity index (χ4v) is 5.24. The lowest BCUT2D eigenvalue weighted by Gasteiger charge is -2.17. The summed E-state index contributed by atoms with van der Waals surface area (Å²) in [6, 6.07) is 3.61. The van der Waals surface area contributed by atoms with Gasteiger partial charge in [0, 0.05) is 37.6 Å². The van der Waals surface area contributed by atoms with E-state index in [-0.39, 0.29) is 24.0 Å². The van der Waals surface area contributed by atoms with E-state index in [1.54, 1.807) is 6.07 Å². The molecule has 2 N–H and O–H groups in total. The predicted molar refractivity (Wildman–Crippen MR) is 106 cm³/mol. The van der Waals surface area contributed by atoms with Crippen LogP contribution in [0.2, 0.25) is 0 Å². The number of aliphatic imine (C=N–C) groups is 1. The number of nitrogens with one attached hydrogen (secondary N) is 2. The number of guanidine groups is 1. The number of hydrogen-bond donors (Lipinski definition) is 2. The maximum atomic E-state index is 12.4. The summed E-state index contributed by atoms with van der Waals surface area (Å²) >= 11 is 1.36. The Kier molecular flexibility index (Phi) is 8.80. The maximum Gasteiger partial charge on any atom is 0.252 e. The third-order valence-electron chi connectivity index (χ3n) is 3.50. The molecule has 0 saturated carbocycles. The lowest BCUT2D eigenvalue weighted by Crippen LogP contribution is -2.41. The van der Waals surface area contributed by atoms with Crippen LogP contribution in [0, 0.1) is 0 Å². The molecule has 1 aromatic heterocycles. The Morgan fingerprint density at radius 2 is 2.09 bits per heavy atom. The van der Waals surface area contributed by atoms with Crippen molar-refractivity contribution >= 4 is 51.3 Å². The molecule has 0 bridgehead atoms. The summed E-state index contributed by atoms with van der Waals surface area (Å²) < 4.78 is 26.8. The number of sulfonamides is 1. The Labute approximate surface area is 159 Å². The molecule has 23 heavy (non-hydrogen) atoms. The lowest BCUT2D eigenvalue weighted by atomic mass is 10.3. The molecule has 0 aliphatic carbocycles. The van der Waals surface area contributed by atoms with Gasteiger partial charge in [0.25, 0.3) is 10.0 Å². The van der Waals surface area contributed by atoms with Crippen LogP contribution in [-0.2, 0) is 16.4 Å².